The quantitative estimate of drug-likeness (QED) is 0.871. The molecule has 0 atom stereocenters. The minimum atomic E-state index is 0.338. The second kappa shape index (κ2) is 4.27. The molecule has 1 aromatic carbocycles. The number of halogens is 2. The summed E-state index contributed by atoms with van der Waals surface area (Å²) in [5, 5.41) is 1.05. The van der Waals surface area contributed by atoms with Crippen LogP contribution in [0.15, 0.2) is 34.9 Å². The summed E-state index contributed by atoms with van der Waals surface area (Å²) in [6.45, 7) is 0.338. The van der Waals surface area contributed by atoms with Gasteiger partial charge < -0.3 is 10.2 Å². The van der Waals surface area contributed by atoms with E-state index in [9.17, 15) is 0 Å². The standard InChI is InChI=1S/C11H9Cl2NO/c12-9-3-1-2-8(11(9)13)7-4-5-15-10(7)6-14/h1-5H,6,14H2. The van der Waals surface area contributed by atoms with E-state index >= 15 is 0 Å². The van der Waals surface area contributed by atoms with Gasteiger partial charge in [-0.25, -0.2) is 0 Å². The van der Waals surface area contributed by atoms with Crippen LogP contribution in [0.25, 0.3) is 11.1 Å². The Labute approximate surface area is 97.6 Å². The van der Waals surface area contributed by atoms with Gasteiger partial charge in [0.15, 0.2) is 0 Å². The van der Waals surface area contributed by atoms with Gasteiger partial charge in [-0.1, -0.05) is 35.3 Å². The van der Waals surface area contributed by atoms with Crippen molar-refractivity contribution in [3.63, 3.8) is 0 Å². The van der Waals surface area contributed by atoms with Crippen molar-refractivity contribution in [3.8, 4) is 11.1 Å². The molecule has 0 unspecified atom stereocenters. The van der Waals surface area contributed by atoms with Crippen molar-refractivity contribution in [2.45, 2.75) is 6.54 Å². The van der Waals surface area contributed by atoms with E-state index in [1.54, 1.807) is 12.3 Å². The van der Waals surface area contributed by atoms with E-state index in [4.69, 9.17) is 33.4 Å². The summed E-state index contributed by atoms with van der Waals surface area (Å²) in [5.41, 5.74) is 7.29. The van der Waals surface area contributed by atoms with Crippen molar-refractivity contribution in [3.05, 3.63) is 46.3 Å². The third-order valence-corrected chi connectivity index (χ3v) is 2.99. The van der Waals surface area contributed by atoms with Crippen LogP contribution in [0.4, 0.5) is 0 Å². The van der Waals surface area contributed by atoms with Gasteiger partial charge in [-0.2, -0.15) is 0 Å². The van der Waals surface area contributed by atoms with Crippen molar-refractivity contribution in [1.82, 2.24) is 0 Å². The molecule has 0 spiro atoms. The van der Waals surface area contributed by atoms with Crippen LogP contribution in [0.5, 0.6) is 0 Å². The van der Waals surface area contributed by atoms with Gasteiger partial charge in [0, 0.05) is 11.1 Å². The maximum Gasteiger partial charge on any atom is 0.125 e. The molecule has 0 amide bonds. The van der Waals surface area contributed by atoms with E-state index in [0.29, 0.717) is 22.4 Å². The van der Waals surface area contributed by atoms with Crippen LogP contribution in [0, 0.1) is 0 Å². The number of benzene rings is 1. The van der Waals surface area contributed by atoms with Gasteiger partial charge in [0.25, 0.3) is 0 Å². The fraction of sp³-hybridized carbons (Fsp3) is 0.0909. The summed E-state index contributed by atoms with van der Waals surface area (Å²) in [4.78, 5) is 0. The molecule has 1 heterocycles. The highest BCUT2D eigenvalue weighted by Crippen LogP contribution is 2.35. The Morgan fingerprint density at radius 2 is 1.93 bits per heavy atom. The maximum absolute atomic E-state index is 6.10. The number of rotatable bonds is 2. The third kappa shape index (κ3) is 1.88. The highest BCUT2D eigenvalue weighted by molar-refractivity contribution is 6.43. The van der Waals surface area contributed by atoms with E-state index in [1.165, 1.54) is 0 Å². The smallest absolute Gasteiger partial charge is 0.125 e. The monoisotopic (exact) mass is 241 g/mol. The molecule has 2 aromatic rings. The normalized spacial score (nSPS) is 10.6. The highest BCUT2D eigenvalue weighted by Gasteiger charge is 2.12. The molecule has 15 heavy (non-hydrogen) atoms. The lowest BCUT2D eigenvalue weighted by atomic mass is 10.1. The van der Waals surface area contributed by atoms with Gasteiger partial charge in [-0.3, -0.25) is 0 Å². The van der Waals surface area contributed by atoms with Crippen molar-refractivity contribution in [2.24, 2.45) is 5.73 Å². The summed E-state index contributed by atoms with van der Waals surface area (Å²) in [5.74, 6) is 0.708. The van der Waals surface area contributed by atoms with Gasteiger partial charge in [0.05, 0.1) is 22.9 Å². The molecule has 0 saturated heterocycles. The predicted molar refractivity (Wildman–Crippen MR) is 62.1 cm³/mol. The zero-order chi connectivity index (χ0) is 10.8. The predicted octanol–water partition coefficient (Wildman–Crippen LogP) is 3.71. The molecule has 0 bridgehead atoms. The minimum Gasteiger partial charge on any atom is -0.467 e. The Bertz CT molecular complexity index is 479. The fourth-order valence-corrected chi connectivity index (χ4v) is 1.85. The van der Waals surface area contributed by atoms with Crippen LogP contribution in [-0.2, 0) is 6.54 Å². The molecular weight excluding hydrogens is 233 g/mol. The number of hydrogen-bond donors (Lipinski definition) is 1. The summed E-state index contributed by atoms with van der Waals surface area (Å²) in [7, 11) is 0. The van der Waals surface area contributed by atoms with Crippen LogP contribution >= 0.6 is 23.2 Å². The van der Waals surface area contributed by atoms with E-state index in [-0.39, 0.29) is 0 Å². The zero-order valence-corrected chi connectivity index (χ0v) is 9.35. The van der Waals surface area contributed by atoms with Crippen LogP contribution in [0.3, 0.4) is 0 Å². The summed E-state index contributed by atoms with van der Waals surface area (Å²) >= 11 is 12.0. The van der Waals surface area contributed by atoms with E-state index < -0.39 is 0 Å². The average Bonchev–Trinajstić information content (AvgIpc) is 2.70. The maximum atomic E-state index is 6.10. The van der Waals surface area contributed by atoms with Crippen LogP contribution in [0.2, 0.25) is 10.0 Å². The largest absolute Gasteiger partial charge is 0.467 e. The topological polar surface area (TPSA) is 39.2 Å². The average molecular weight is 242 g/mol. The van der Waals surface area contributed by atoms with E-state index in [2.05, 4.69) is 0 Å². The molecule has 2 rings (SSSR count). The Balaban J connectivity index is 2.59. The molecule has 1 aromatic heterocycles. The summed E-state index contributed by atoms with van der Waals surface area (Å²) < 4.78 is 5.24. The fourth-order valence-electron chi connectivity index (χ4n) is 1.45. The lowest BCUT2D eigenvalue weighted by molar-refractivity contribution is 0.513. The summed E-state index contributed by atoms with van der Waals surface area (Å²) in [6.07, 6.45) is 1.59. The van der Waals surface area contributed by atoms with Gasteiger partial charge >= 0.3 is 0 Å². The lowest BCUT2D eigenvalue weighted by Crippen LogP contribution is -1.96. The first kappa shape index (κ1) is 10.6. The zero-order valence-electron chi connectivity index (χ0n) is 7.84. The van der Waals surface area contributed by atoms with Gasteiger partial charge in [-0.15, -0.1) is 0 Å². The van der Waals surface area contributed by atoms with Gasteiger partial charge in [0.1, 0.15) is 5.76 Å². The van der Waals surface area contributed by atoms with E-state index in [1.807, 2.05) is 18.2 Å². The van der Waals surface area contributed by atoms with Crippen molar-refractivity contribution >= 4 is 23.2 Å². The first-order chi connectivity index (χ1) is 7.24. The number of furan rings is 1. The molecule has 0 aliphatic rings. The Kier molecular flexibility index (Phi) is 3.00. The molecule has 0 fully saturated rings. The molecule has 78 valence electrons. The molecule has 2 N–H and O–H groups in total. The van der Waals surface area contributed by atoms with Crippen LogP contribution in [0.1, 0.15) is 5.76 Å². The molecule has 0 aliphatic heterocycles. The Morgan fingerprint density at radius 1 is 1.13 bits per heavy atom. The van der Waals surface area contributed by atoms with Crippen molar-refractivity contribution in [1.29, 1.82) is 0 Å². The van der Waals surface area contributed by atoms with Crippen molar-refractivity contribution < 1.29 is 4.42 Å². The Morgan fingerprint density at radius 3 is 2.67 bits per heavy atom. The molecule has 0 saturated carbocycles. The minimum absolute atomic E-state index is 0.338. The summed E-state index contributed by atoms with van der Waals surface area (Å²) in [6, 6.07) is 7.31. The van der Waals surface area contributed by atoms with Gasteiger partial charge in [0.2, 0.25) is 0 Å². The first-order valence-electron chi connectivity index (χ1n) is 4.45. The third-order valence-electron chi connectivity index (χ3n) is 2.17. The molecule has 0 aliphatic carbocycles. The number of nitrogens with two attached hydrogens (primary N) is 1. The second-order valence-electron chi connectivity index (χ2n) is 3.06. The molecule has 0 radical (unpaired) electrons. The Hall–Kier alpha value is -0.960. The van der Waals surface area contributed by atoms with E-state index in [0.717, 1.165) is 11.1 Å². The molecular formula is C11H9Cl2NO. The SMILES string of the molecule is NCc1occc1-c1cccc(Cl)c1Cl. The van der Waals surface area contributed by atoms with Gasteiger partial charge in [-0.05, 0) is 12.1 Å². The first-order valence-corrected chi connectivity index (χ1v) is 5.20. The van der Waals surface area contributed by atoms with Crippen molar-refractivity contribution in [2.75, 3.05) is 0 Å². The van der Waals surface area contributed by atoms with Crippen LogP contribution in [-0.4, -0.2) is 0 Å². The number of hydrogen-bond acceptors (Lipinski definition) is 2. The lowest BCUT2D eigenvalue weighted by Gasteiger charge is -2.04. The highest BCUT2D eigenvalue weighted by atomic mass is 35.5. The molecule has 2 nitrogen and oxygen atoms in total. The molecule has 4 heteroatoms. The second-order valence-corrected chi connectivity index (χ2v) is 3.85. The van der Waals surface area contributed by atoms with Crippen LogP contribution < -0.4 is 5.73 Å².